The highest BCUT2D eigenvalue weighted by atomic mass is 35.5. The van der Waals surface area contributed by atoms with Crippen LogP contribution in [0.2, 0.25) is 5.15 Å². The van der Waals surface area contributed by atoms with Crippen molar-refractivity contribution in [3.63, 3.8) is 0 Å². The third kappa shape index (κ3) is 5.68. The summed E-state index contributed by atoms with van der Waals surface area (Å²) < 4.78 is 59.6. The summed E-state index contributed by atoms with van der Waals surface area (Å²) in [6.45, 7) is 6.01. The SMILES string of the molecule is C=C/C(=N\C(=C)F)SNC(=O)c1ccc(N2C=CC(OCC3(C(F)(F)F)CC3)N2)nc1Cl. The zero-order chi connectivity index (χ0) is 23.5. The van der Waals surface area contributed by atoms with E-state index in [0.717, 1.165) is 11.9 Å². The Balaban J connectivity index is 1.56. The van der Waals surface area contributed by atoms with Crippen LogP contribution in [0.1, 0.15) is 23.2 Å². The van der Waals surface area contributed by atoms with Gasteiger partial charge in [0.2, 0.25) is 5.95 Å². The average Bonchev–Trinajstić information content (AvgIpc) is 3.39. The molecule has 1 aliphatic carbocycles. The fourth-order valence-corrected chi connectivity index (χ4v) is 3.41. The number of amides is 1. The van der Waals surface area contributed by atoms with Crippen LogP contribution in [-0.4, -0.2) is 34.9 Å². The summed E-state index contributed by atoms with van der Waals surface area (Å²) in [5, 5.41) is 1.37. The van der Waals surface area contributed by atoms with Gasteiger partial charge < -0.3 is 4.74 Å². The minimum Gasteiger partial charge on any atom is -0.357 e. The second-order valence-corrected chi connectivity index (χ2v) is 8.11. The molecule has 1 unspecified atom stereocenters. The van der Waals surface area contributed by atoms with Crippen LogP contribution in [0.5, 0.6) is 0 Å². The predicted molar refractivity (Wildman–Crippen MR) is 114 cm³/mol. The van der Waals surface area contributed by atoms with Crippen LogP contribution >= 0.6 is 23.5 Å². The molecule has 2 aliphatic rings. The Bertz CT molecular complexity index is 981. The predicted octanol–water partition coefficient (Wildman–Crippen LogP) is 4.66. The quantitative estimate of drug-likeness (QED) is 0.144. The molecule has 1 aromatic heterocycles. The van der Waals surface area contributed by atoms with E-state index in [1.165, 1.54) is 35.5 Å². The van der Waals surface area contributed by atoms with Crippen molar-refractivity contribution in [3.05, 3.63) is 60.3 Å². The third-order valence-electron chi connectivity index (χ3n) is 4.65. The Morgan fingerprint density at radius 2 is 2.22 bits per heavy atom. The number of nitrogens with zero attached hydrogens (tertiary/aromatic N) is 3. The normalized spacial score (nSPS) is 19.7. The van der Waals surface area contributed by atoms with Crippen molar-refractivity contribution in [1.29, 1.82) is 0 Å². The highest BCUT2D eigenvalue weighted by molar-refractivity contribution is 8.13. The highest BCUT2D eigenvalue weighted by Gasteiger charge is 2.63. The smallest absolute Gasteiger partial charge is 0.357 e. The van der Waals surface area contributed by atoms with Gasteiger partial charge in [0.15, 0.2) is 0 Å². The Morgan fingerprint density at radius 3 is 2.78 bits per heavy atom. The first kappa shape index (κ1) is 24.2. The molecule has 7 nitrogen and oxygen atoms in total. The van der Waals surface area contributed by atoms with E-state index in [4.69, 9.17) is 16.3 Å². The van der Waals surface area contributed by atoms with Gasteiger partial charge in [0.05, 0.1) is 17.6 Å². The average molecular weight is 492 g/mol. The van der Waals surface area contributed by atoms with Gasteiger partial charge in [-0.25, -0.2) is 9.98 Å². The summed E-state index contributed by atoms with van der Waals surface area (Å²) in [6, 6.07) is 2.89. The van der Waals surface area contributed by atoms with Crippen LogP contribution in [0.4, 0.5) is 23.4 Å². The summed E-state index contributed by atoms with van der Waals surface area (Å²) in [5.74, 6) is -1.25. The number of hydrogen-bond donors (Lipinski definition) is 2. The molecule has 1 atom stereocenters. The minimum atomic E-state index is -4.29. The molecule has 1 aromatic rings. The van der Waals surface area contributed by atoms with Gasteiger partial charge in [-0.2, -0.15) is 23.0 Å². The van der Waals surface area contributed by atoms with Crippen molar-refractivity contribution in [2.24, 2.45) is 10.4 Å². The molecule has 13 heteroatoms. The first-order chi connectivity index (χ1) is 15.0. The molecule has 0 spiro atoms. The molecule has 2 N–H and O–H groups in total. The highest BCUT2D eigenvalue weighted by Crippen LogP contribution is 2.57. The number of ether oxygens (including phenoxy) is 1. The van der Waals surface area contributed by atoms with Crippen molar-refractivity contribution in [2.75, 3.05) is 11.6 Å². The molecular formula is C19H18ClF4N5O2S. The van der Waals surface area contributed by atoms with E-state index in [1.807, 2.05) is 0 Å². The standard InChI is InChI=1S/C19H18ClF4N5O2S/c1-3-15(25-11(2)21)32-28-17(30)12-4-5-13(26-16(12)20)29-9-6-14(27-29)31-10-18(7-8-18)19(22,23)24/h3-6,9,14,27H,1-2,7-8,10H2,(H,28,30)/b25-15+. The minimum absolute atomic E-state index is 0.0437. The molecule has 0 radical (unpaired) electrons. The summed E-state index contributed by atoms with van der Waals surface area (Å²) in [7, 11) is 0. The van der Waals surface area contributed by atoms with Gasteiger partial charge in [0.1, 0.15) is 22.2 Å². The topological polar surface area (TPSA) is 78.9 Å². The van der Waals surface area contributed by atoms with Crippen molar-refractivity contribution in [1.82, 2.24) is 15.1 Å². The van der Waals surface area contributed by atoms with E-state index in [-0.39, 0.29) is 28.6 Å². The lowest BCUT2D eigenvalue weighted by Gasteiger charge is -2.23. The number of carbonyl (C=O) groups excluding carboxylic acids is 1. The summed E-state index contributed by atoms with van der Waals surface area (Å²) in [5.41, 5.74) is 1.12. The monoisotopic (exact) mass is 491 g/mol. The van der Waals surface area contributed by atoms with E-state index in [9.17, 15) is 22.4 Å². The second kappa shape index (κ2) is 9.61. The van der Waals surface area contributed by atoms with Gasteiger partial charge >= 0.3 is 6.18 Å². The Labute approximate surface area is 190 Å². The number of carbonyl (C=O) groups is 1. The largest absolute Gasteiger partial charge is 0.396 e. The molecule has 0 bridgehead atoms. The van der Waals surface area contributed by atoms with Crippen LogP contribution in [0.25, 0.3) is 0 Å². The zero-order valence-corrected chi connectivity index (χ0v) is 18.0. The first-order valence-electron chi connectivity index (χ1n) is 9.16. The maximum absolute atomic E-state index is 13.0. The van der Waals surface area contributed by atoms with Crippen LogP contribution in [-0.2, 0) is 4.74 Å². The Morgan fingerprint density at radius 1 is 1.50 bits per heavy atom. The van der Waals surface area contributed by atoms with Gasteiger partial charge in [0.25, 0.3) is 5.91 Å². The number of aromatic nitrogens is 1. The van der Waals surface area contributed by atoms with Gasteiger partial charge in [-0.3, -0.25) is 14.5 Å². The van der Waals surface area contributed by atoms with Crippen LogP contribution in [0, 0.1) is 5.41 Å². The Kier molecular flexibility index (Phi) is 7.28. The third-order valence-corrected chi connectivity index (χ3v) is 5.69. The molecule has 172 valence electrons. The molecular weight excluding hydrogens is 474 g/mol. The maximum Gasteiger partial charge on any atom is 0.396 e. The van der Waals surface area contributed by atoms with Crippen LogP contribution in [0.15, 0.2) is 54.6 Å². The van der Waals surface area contributed by atoms with Crippen LogP contribution < -0.4 is 15.2 Å². The number of halogens is 5. The lowest BCUT2D eigenvalue weighted by Crippen LogP contribution is -2.40. The number of rotatable bonds is 7. The number of nitrogens with one attached hydrogen (secondary N) is 2. The summed E-state index contributed by atoms with van der Waals surface area (Å²) >= 11 is 6.83. The lowest BCUT2D eigenvalue weighted by molar-refractivity contribution is -0.204. The van der Waals surface area contributed by atoms with Crippen molar-refractivity contribution in [3.8, 4) is 0 Å². The van der Waals surface area contributed by atoms with E-state index in [0.29, 0.717) is 5.82 Å². The molecule has 1 aliphatic heterocycles. The maximum atomic E-state index is 13.0. The van der Waals surface area contributed by atoms with Crippen LogP contribution in [0.3, 0.4) is 0 Å². The number of hydrogen-bond acceptors (Lipinski definition) is 7. The molecule has 2 heterocycles. The van der Waals surface area contributed by atoms with Crippen molar-refractivity contribution in [2.45, 2.75) is 25.2 Å². The number of anilines is 1. The molecule has 1 saturated carbocycles. The van der Waals surface area contributed by atoms with E-state index in [1.54, 1.807) is 0 Å². The number of aliphatic imine (C=N–C) groups is 1. The lowest BCUT2D eigenvalue weighted by atomic mass is 10.1. The molecule has 0 aromatic carbocycles. The summed E-state index contributed by atoms with van der Waals surface area (Å²) in [4.78, 5) is 19.9. The van der Waals surface area contributed by atoms with E-state index < -0.39 is 36.3 Å². The number of alkyl halides is 3. The van der Waals surface area contributed by atoms with Gasteiger partial charge in [0, 0.05) is 18.1 Å². The number of pyridine rings is 1. The van der Waals surface area contributed by atoms with Crippen molar-refractivity contribution >= 4 is 40.3 Å². The molecule has 0 saturated heterocycles. The molecule has 3 rings (SSSR count). The molecule has 1 fully saturated rings. The number of hydrazine groups is 1. The Hall–Kier alpha value is -2.41. The van der Waals surface area contributed by atoms with Crippen molar-refractivity contribution < 1.29 is 27.1 Å². The first-order valence-corrected chi connectivity index (χ1v) is 10.4. The summed E-state index contributed by atoms with van der Waals surface area (Å²) in [6.07, 6.45) is -0.649. The fraction of sp³-hybridized carbons (Fsp3) is 0.316. The second-order valence-electron chi connectivity index (χ2n) is 6.92. The van der Waals surface area contributed by atoms with Gasteiger partial charge in [-0.1, -0.05) is 18.2 Å². The molecule has 1 amide bonds. The fourth-order valence-electron chi connectivity index (χ4n) is 2.64. The molecule has 32 heavy (non-hydrogen) atoms. The van der Waals surface area contributed by atoms with Gasteiger partial charge in [-0.05, 0) is 43.7 Å². The van der Waals surface area contributed by atoms with Gasteiger partial charge in [-0.15, -0.1) is 0 Å². The zero-order valence-electron chi connectivity index (χ0n) is 16.5. The van der Waals surface area contributed by atoms with E-state index in [2.05, 4.69) is 33.3 Å². The van der Waals surface area contributed by atoms with E-state index >= 15 is 0 Å².